The molecule has 1 unspecified atom stereocenters. The number of thiazole rings is 1. The van der Waals surface area contributed by atoms with Crippen LogP contribution < -0.4 is 0 Å². The van der Waals surface area contributed by atoms with Crippen LogP contribution in [0.2, 0.25) is 0 Å². The SMILES string of the molecule is CC(C)(C)c1ccc(C(O)c2cscn2)cc1. The lowest BCUT2D eigenvalue weighted by Gasteiger charge is -2.19. The first-order valence-electron chi connectivity index (χ1n) is 5.65. The molecule has 0 fully saturated rings. The summed E-state index contributed by atoms with van der Waals surface area (Å²) in [5.41, 5.74) is 4.76. The summed E-state index contributed by atoms with van der Waals surface area (Å²) in [6, 6.07) is 8.10. The highest BCUT2D eigenvalue weighted by Crippen LogP contribution is 2.26. The second kappa shape index (κ2) is 4.59. The number of nitrogens with zero attached hydrogens (tertiary/aromatic N) is 1. The molecule has 3 heteroatoms. The molecule has 0 spiro atoms. The Hall–Kier alpha value is -1.19. The van der Waals surface area contributed by atoms with Crippen LogP contribution in [0.1, 0.15) is 43.7 Å². The highest BCUT2D eigenvalue weighted by atomic mass is 32.1. The van der Waals surface area contributed by atoms with Gasteiger partial charge in [-0.25, -0.2) is 4.98 Å². The molecule has 1 heterocycles. The van der Waals surface area contributed by atoms with Crippen molar-refractivity contribution in [1.29, 1.82) is 0 Å². The van der Waals surface area contributed by atoms with Crippen molar-refractivity contribution in [3.8, 4) is 0 Å². The summed E-state index contributed by atoms with van der Waals surface area (Å²) in [4.78, 5) is 4.13. The minimum Gasteiger partial charge on any atom is -0.382 e. The molecule has 0 aliphatic rings. The summed E-state index contributed by atoms with van der Waals surface area (Å²) in [7, 11) is 0. The average molecular weight is 247 g/mol. The fourth-order valence-corrected chi connectivity index (χ4v) is 2.27. The first-order chi connectivity index (χ1) is 7.98. The Morgan fingerprint density at radius 1 is 1.18 bits per heavy atom. The van der Waals surface area contributed by atoms with Gasteiger partial charge in [-0.05, 0) is 16.5 Å². The van der Waals surface area contributed by atoms with Gasteiger partial charge in [0, 0.05) is 5.38 Å². The van der Waals surface area contributed by atoms with Gasteiger partial charge >= 0.3 is 0 Å². The lowest BCUT2D eigenvalue weighted by atomic mass is 9.86. The van der Waals surface area contributed by atoms with E-state index in [4.69, 9.17) is 0 Å². The number of hydrogen-bond acceptors (Lipinski definition) is 3. The molecular weight excluding hydrogens is 230 g/mol. The molecule has 2 nitrogen and oxygen atoms in total. The molecular formula is C14H17NOS. The summed E-state index contributed by atoms with van der Waals surface area (Å²) < 4.78 is 0. The van der Waals surface area contributed by atoms with E-state index in [0.29, 0.717) is 0 Å². The van der Waals surface area contributed by atoms with Crippen LogP contribution in [0.25, 0.3) is 0 Å². The quantitative estimate of drug-likeness (QED) is 0.880. The maximum absolute atomic E-state index is 10.1. The molecule has 0 amide bonds. The third kappa shape index (κ3) is 2.73. The van der Waals surface area contributed by atoms with Crippen molar-refractivity contribution >= 4 is 11.3 Å². The molecule has 0 radical (unpaired) electrons. The Bertz CT molecular complexity index is 468. The Morgan fingerprint density at radius 3 is 2.29 bits per heavy atom. The van der Waals surface area contributed by atoms with E-state index in [2.05, 4.69) is 37.9 Å². The van der Waals surface area contributed by atoms with Gasteiger partial charge < -0.3 is 5.11 Å². The Balaban J connectivity index is 2.24. The minimum absolute atomic E-state index is 0.143. The lowest BCUT2D eigenvalue weighted by Crippen LogP contribution is -2.11. The van der Waals surface area contributed by atoms with Crippen LogP contribution in [0.4, 0.5) is 0 Å². The van der Waals surface area contributed by atoms with Gasteiger partial charge in [0.2, 0.25) is 0 Å². The Morgan fingerprint density at radius 2 is 1.82 bits per heavy atom. The zero-order valence-corrected chi connectivity index (χ0v) is 11.2. The molecule has 0 saturated heterocycles. The zero-order valence-electron chi connectivity index (χ0n) is 10.3. The molecule has 1 N–H and O–H groups in total. The van der Waals surface area contributed by atoms with Crippen LogP contribution in [-0.4, -0.2) is 10.1 Å². The van der Waals surface area contributed by atoms with E-state index in [0.717, 1.165) is 11.3 Å². The average Bonchev–Trinajstić information content (AvgIpc) is 2.80. The monoisotopic (exact) mass is 247 g/mol. The Kier molecular flexibility index (Phi) is 3.31. The van der Waals surface area contributed by atoms with Crippen molar-refractivity contribution in [3.05, 3.63) is 52.0 Å². The van der Waals surface area contributed by atoms with E-state index in [1.165, 1.54) is 16.9 Å². The smallest absolute Gasteiger partial charge is 0.122 e. The van der Waals surface area contributed by atoms with Gasteiger partial charge in [0.05, 0.1) is 11.2 Å². The fourth-order valence-electron chi connectivity index (χ4n) is 1.69. The van der Waals surface area contributed by atoms with E-state index in [1.54, 1.807) is 5.51 Å². The maximum atomic E-state index is 10.1. The van der Waals surface area contributed by atoms with Crippen molar-refractivity contribution in [2.24, 2.45) is 0 Å². The predicted molar refractivity (Wildman–Crippen MR) is 71.3 cm³/mol. The third-order valence-electron chi connectivity index (χ3n) is 2.82. The van der Waals surface area contributed by atoms with Gasteiger partial charge in [-0.15, -0.1) is 11.3 Å². The van der Waals surface area contributed by atoms with Crippen LogP contribution in [0.3, 0.4) is 0 Å². The molecule has 1 aromatic carbocycles. The number of aromatic nitrogens is 1. The number of hydrogen-bond donors (Lipinski definition) is 1. The van der Waals surface area contributed by atoms with E-state index in [-0.39, 0.29) is 5.41 Å². The molecule has 17 heavy (non-hydrogen) atoms. The maximum Gasteiger partial charge on any atom is 0.122 e. The largest absolute Gasteiger partial charge is 0.382 e. The van der Waals surface area contributed by atoms with Crippen molar-refractivity contribution in [2.45, 2.75) is 32.3 Å². The van der Waals surface area contributed by atoms with Crippen LogP contribution in [-0.2, 0) is 5.41 Å². The number of benzene rings is 1. The molecule has 0 aliphatic heterocycles. The Labute approximate surface area is 106 Å². The summed E-state index contributed by atoms with van der Waals surface area (Å²) in [6.45, 7) is 6.54. The molecule has 0 saturated carbocycles. The van der Waals surface area contributed by atoms with Crippen LogP contribution in [0.15, 0.2) is 35.2 Å². The second-order valence-corrected chi connectivity index (χ2v) is 5.91. The van der Waals surface area contributed by atoms with Crippen LogP contribution in [0, 0.1) is 0 Å². The van der Waals surface area contributed by atoms with Crippen molar-refractivity contribution in [1.82, 2.24) is 4.98 Å². The van der Waals surface area contributed by atoms with Gasteiger partial charge in [-0.1, -0.05) is 45.0 Å². The topological polar surface area (TPSA) is 33.1 Å². The molecule has 0 bridgehead atoms. The highest BCUT2D eigenvalue weighted by molar-refractivity contribution is 7.07. The van der Waals surface area contributed by atoms with Crippen LogP contribution in [0.5, 0.6) is 0 Å². The number of aliphatic hydroxyl groups is 1. The summed E-state index contributed by atoms with van der Waals surface area (Å²) in [5, 5.41) is 12.0. The zero-order chi connectivity index (χ0) is 12.5. The lowest BCUT2D eigenvalue weighted by molar-refractivity contribution is 0.216. The van der Waals surface area contributed by atoms with Gasteiger partial charge in [0.15, 0.2) is 0 Å². The van der Waals surface area contributed by atoms with Gasteiger partial charge in [0.1, 0.15) is 6.10 Å². The first-order valence-corrected chi connectivity index (χ1v) is 6.59. The van der Waals surface area contributed by atoms with Gasteiger partial charge in [-0.2, -0.15) is 0 Å². The molecule has 2 rings (SSSR count). The molecule has 1 aromatic heterocycles. The van der Waals surface area contributed by atoms with E-state index < -0.39 is 6.10 Å². The van der Waals surface area contributed by atoms with E-state index in [9.17, 15) is 5.11 Å². The molecule has 1 atom stereocenters. The normalized spacial score (nSPS) is 13.6. The van der Waals surface area contributed by atoms with Crippen molar-refractivity contribution in [3.63, 3.8) is 0 Å². The minimum atomic E-state index is -0.615. The van der Waals surface area contributed by atoms with Crippen molar-refractivity contribution < 1.29 is 5.11 Å². The molecule has 0 aliphatic carbocycles. The predicted octanol–water partition coefficient (Wildman–Crippen LogP) is 3.52. The van der Waals surface area contributed by atoms with Gasteiger partial charge in [-0.3, -0.25) is 0 Å². The third-order valence-corrected chi connectivity index (χ3v) is 3.43. The fraction of sp³-hybridized carbons (Fsp3) is 0.357. The molecule has 90 valence electrons. The standard InChI is InChI=1S/C14H17NOS/c1-14(2,3)11-6-4-10(5-7-11)13(16)12-8-17-9-15-12/h4-9,13,16H,1-3H3. The number of rotatable bonds is 2. The first kappa shape index (κ1) is 12.3. The van der Waals surface area contributed by atoms with E-state index in [1.807, 2.05) is 17.5 Å². The van der Waals surface area contributed by atoms with Crippen LogP contribution >= 0.6 is 11.3 Å². The van der Waals surface area contributed by atoms with Gasteiger partial charge in [0.25, 0.3) is 0 Å². The van der Waals surface area contributed by atoms with E-state index >= 15 is 0 Å². The highest BCUT2D eigenvalue weighted by Gasteiger charge is 2.16. The second-order valence-electron chi connectivity index (χ2n) is 5.19. The molecule has 2 aromatic rings. The summed E-state index contributed by atoms with van der Waals surface area (Å²) in [6.07, 6.45) is -0.615. The summed E-state index contributed by atoms with van der Waals surface area (Å²) in [5.74, 6) is 0. The summed E-state index contributed by atoms with van der Waals surface area (Å²) >= 11 is 1.50. The van der Waals surface area contributed by atoms with Crippen molar-refractivity contribution in [2.75, 3.05) is 0 Å². The number of aliphatic hydroxyl groups excluding tert-OH is 1.